The van der Waals surface area contributed by atoms with Gasteiger partial charge in [0.1, 0.15) is 5.82 Å². The third-order valence-corrected chi connectivity index (χ3v) is 5.55. The zero-order chi connectivity index (χ0) is 19.8. The predicted molar refractivity (Wildman–Crippen MR) is 113 cm³/mol. The molecule has 0 amide bonds. The lowest BCUT2D eigenvalue weighted by Crippen LogP contribution is -2.48. The summed E-state index contributed by atoms with van der Waals surface area (Å²) in [6.07, 6.45) is 2.65. The molecular formula is C22H27ClFN3O. The van der Waals surface area contributed by atoms with Gasteiger partial charge in [0.05, 0.1) is 0 Å². The van der Waals surface area contributed by atoms with E-state index < -0.39 is 0 Å². The Labute approximate surface area is 171 Å². The maximum Gasteiger partial charge on any atom is 0.191 e. The summed E-state index contributed by atoms with van der Waals surface area (Å²) < 4.78 is 18.9. The number of hydrogen-bond acceptors (Lipinski definition) is 2. The number of nitrogens with one attached hydrogen (secondary N) is 2. The summed E-state index contributed by atoms with van der Waals surface area (Å²) in [4.78, 5) is 4.34. The summed E-state index contributed by atoms with van der Waals surface area (Å²) in [5.74, 6) is 0.549. The first-order valence-corrected chi connectivity index (χ1v) is 10.0. The molecule has 0 aliphatic carbocycles. The molecule has 0 spiro atoms. The van der Waals surface area contributed by atoms with Gasteiger partial charge >= 0.3 is 0 Å². The second kappa shape index (κ2) is 9.89. The molecule has 1 aliphatic rings. The van der Waals surface area contributed by atoms with E-state index in [0.717, 1.165) is 48.9 Å². The van der Waals surface area contributed by atoms with Crippen molar-refractivity contribution in [2.24, 2.45) is 4.99 Å². The van der Waals surface area contributed by atoms with Crippen molar-refractivity contribution in [2.45, 2.75) is 24.7 Å². The topological polar surface area (TPSA) is 45.7 Å². The lowest BCUT2D eigenvalue weighted by atomic mass is 9.74. The Hall–Kier alpha value is -2.11. The smallest absolute Gasteiger partial charge is 0.191 e. The highest BCUT2D eigenvalue weighted by atomic mass is 35.5. The van der Waals surface area contributed by atoms with Crippen LogP contribution in [0.1, 0.15) is 24.0 Å². The van der Waals surface area contributed by atoms with Crippen LogP contribution in [0.2, 0.25) is 5.02 Å². The van der Waals surface area contributed by atoms with Crippen LogP contribution < -0.4 is 10.6 Å². The molecule has 2 N–H and O–H groups in total. The summed E-state index contributed by atoms with van der Waals surface area (Å²) in [5, 5.41) is 7.56. The molecule has 0 unspecified atom stereocenters. The van der Waals surface area contributed by atoms with Gasteiger partial charge < -0.3 is 15.4 Å². The van der Waals surface area contributed by atoms with Gasteiger partial charge in [-0.2, -0.15) is 0 Å². The Kier molecular flexibility index (Phi) is 7.29. The Morgan fingerprint density at radius 1 is 1.14 bits per heavy atom. The maximum absolute atomic E-state index is 13.4. The zero-order valence-electron chi connectivity index (χ0n) is 16.2. The van der Waals surface area contributed by atoms with Gasteiger partial charge in [-0.15, -0.1) is 0 Å². The Balaban J connectivity index is 1.59. The quantitative estimate of drug-likeness (QED) is 0.567. The predicted octanol–water partition coefficient (Wildman–Crippen LogP) is 3.94. The molecule has 0 saturated carbocycles. The van der Waals surface area contributed by atoms with Gasteiger partial charge in [0.25, 0.3) is 0 Å². The third kappa shape index (κ3) is 5.46. The molecule has 2 aromatic carbocycles. The van der Waals surface area contributed by atoms with Crippen LogP contribution in [0.5, 0.6) is 0 Å². The minimum Gasteiger partial charge on any atom is -0.381 e. The van der Waals surface area contributed by atoms with Crippen LogP contribution in [0.4, 0.5) is 4.39 Å². The summed E-state index contributed by atoms with van der Waals surface area (Å²) in [7, 11) is 1.77. The van der Waals surface area contributed by atoms with Crippen molar-refractivity contribution in [1.82, 2.24) is 10.6 Å². The minimum absolute atomic E-state index is 0.0868. The van der Waals surface area contributed by atoms with Gasteiger partial charge in [-0.05, 0) is 54.7 Å². The van der Waals surface area contributed by atoms with Gasteiger partial charge in [0.2, 0.25) is 0 Å². The Morgan fingerprint density at radius 2 is 1.89 bits per heavy atom. The Morgan fingerprint density at radius 3 is 2.57 bits per heavy atom. The molecule has 28 heavy (non-hydrogen) atoms. The van der Waals surface area contributed by atoms with Crippen LogP contribution >= 0.6 is 11.6 Å². The van der Waals surface area contributed by atoms with E-state index in [9.17, 15) is 4.39 Å². The van der Waals surface area contributed by atoms with Crippen LogP contribution in [-0.4, -0.2) is 39.3 Å². The van der Waals surface area contributed by atoms with E-state index in [1.165, 1.54) is 17.7 Å². The van der Waals surface area contributed by atoms with E-state index in [2.05, 4.69) is 21.7 Å². The average Bonchev–Trinajstić information content (AvgIpc) is 2.72. The number of benzene rings is 2. The molecule has 1 heterocycles. The number of aliphatic imine (C=N–C) groups is 1. The van der Waals surface area contributed by atoms with Crippen LogP contribution in [0.3, 0.4) is 0 Å². The lowest BCUT2D eigenvalue weighted by molar-refractivity contribution is 0.0513. The lowest BCUT2D eigenvalue weighted by Gasteiger charge is -2.38. The standard InChI is InChI=1S/C22H27ClFN3O/c1-25-21(26-12-9-17-3-2-4-19(23)15-17)27-16-22(10-13-28-14-11-22)18-5-7-20(24)8-6-18/h2-8,15H,9-14,16H2,1H3,(H2,25,26,27). The summed E-state index contributed by atoms with van der Waals surface area (Å²) in [6, 6.07) is 14.7. The van der Waals surface area contributed by atoms with Crippen molar-refractivity contribution in [2.75, 3.05) is 33.4 Å². The number of hydrogen-bond donors (Lipinski definition) is 2. The SMILES string of the molecule is CN=C(NCCc1cccc(Cl)c1)NCC1(c2ccc(F)cc2)CCOCC1. The normalized spacial score (nSPS) is 16.6. The van der Waals surface area contributed by atoms with E-state index in [4.69, 9.17) is 16.3 Å². The second-order valence-electron chi connectivity index (χ2n) is 7.13. The molecule has 0 radical (unpaired) electrons. The second-order valence-corrected chi connectivity index (χ2v) is 7.57. The molecule has 1 fully saturated rings. The summed E-state index contributed by atoms with van der Waals surface area (Å²) >= 11 is 6.04. The van der Waals surface area contributed by atoms with Crippen LogP contribution in [0.25, 0.3) is 0 Å². The molecule has 0 aromatic heterocycles. The van der Waals surface area contributed by atoms with Crippen LogP contribution in [0, 0.1) is 5.82 Å². The van der Waals surface area contributed by atoms with Crippen LogP contribution in [0.15, 0.2) is 53.5 Å². The largest absolute Gasteiger partial charge is 0.381 e. The first kappa shape index (κ1) is 20.6. The van der Waals surface area contributed by atoms with E-state index in [-0.39, 0.29) is 11.2 Å². The summed E-state index contributed by atoms with van der Waals surface area (Å²) in [5.41, 5.74) is 2.23. The van der Waals surface area contributed by atoms with Gasteiger partial charge in [-0.3, -0.25) is 4.99 Å². The van der Waals surface area contributed by atoms with E-state index in [0.29, 0.717) is 13.2 Å². The highest BCUT2D eigenvalue weighted by Gasteiger charge is 2.34. The minimum atomic E-state index is -0.211. The fraction of sp³-hybridized carbons (Fsp3) is 0.409. The van der Waals surface area contributed by atoms with Crippen molar-refractivity contribution < 1.29 is 9.13 Å². The molecule has 3 rings (SSSR count). The number of ether oxygens (including phenoxy) is 1. The van der Waals surface area contributed by atoms with Gasteiger partial charge in [-0.25, -0.2) is 4.39 Å². The molecule has 0 atom stereocenters. The molecule has 150 valence electrons. The van der Waals surface area contributed by atoms with E-state index in [1.54, 1.807) is 7.05 Å². The maximum atomic E-state index is 13.4. The van der Waals surface area contributed by atoms with Crippen molar-refractivity contribution >= 4 is 17.6 Å². The fourth-order valence-corrected chi connectivity index (χ4v) is 3.84. The van der Waals surface area contributed by atoms with Gasteiger partial charge in [-0.1, -0.05) is 35.9 Å². The molecule has 6 heteroatoms. The zero-order valence-corrected chi connectivity index (χ0v) is 16.9. The highest BCUT2D eigenvalue weighted by molar-refractivity contribution is 6.30. The van der Waals surface area contributed by atoms with Crippen molar-refractivity contribution in [3.63, 3.8) is 0 Å². The van der Waals surface area contributed by atoms with Gasteiger partial charge in [0, 0.05) is 43.8 Å². The number of rotatable bonds is 6. The van der Waals surface area contributed by atoms with Crippen molar-refractivity contribution in [3.8, 4) is 0 Å². The third-order valence-electron chi connectivity index (χ3n) is 5.32. The number of guanidine groups is 1. The Bertz CT molecular complexity index is 789. The van der Waals surface area contributed by atoms with E-state index >= 15 is 0 Å². The van der Waals surface area contributed by atoms with Crippen molar-refractivity contribution in [3.05, 3.63) is 70.5 Å². The summed E-state index contributed by atoms with van der Waals surface area (Å²) in [6.45, 7) is 2.89. The average molecular weight is 404 g/mol. The van der Waals surface area contributed by atoms with E-state index in [1.807, 2.05) is 30.3 Å². The molecule has 0 bridgehead atoms. The molecule has 4 nitrogen and oxygen atoms in total. The monoisotopic (exact) mass is 403 g/mol. The molecular weight excluding hydrogens is 377 g/mol. The first-order valence-electron chi connectivity index (χ1n) is 9.64. The fourth-order valence-electron chi connectivity index (χ4n) is 3.62. The number of halogens is 2. The number of nitrogens with zero attached hydrogens (tertiary/aromatic N) is 1. The molecule has 1 saturated heterocycles. The van der Waals surface area contributed by atoms with Crippen LogP contribution in [-0.2, 0) is 16.6 Å². The van der Waals surface area contributed by atoms with Gasteiger partial charge in [0.15, 0.2) is 5.96 Å². The first-order chi connectivity index (χ1) is 13.6. The highest BCUT2D eigenvalue weighted by Crippen LogP contribution is 2.34. The molecule has 1 aliphatic heterocycles. The van der Waals surface area contributed by atoms with Crippen molar-refractivity contribution in [1.29, 1.82) is 0 Å². The molecule has 2 aromatic rings.